The van der Waals surface area contributed by atoms with Crippen LogP contribution in [0.5, 0.6) is 0 Å². The van der Waals surface area contributed by atoms with E-state index in [4.69, 9.17) is 9.47 Å². The molecule has 0 N–H and O–H groups in total. The highest BCUT2D eigenvalue weighted by Gasteiger charge is 2.27. The van der Waals surface area contributed by atoms with Gasteiger partial charge in [0.1, 0.15) is 10.6 Å². The molecule has 96 valence electrons. The van der Waals surface area contributed by atoms with Gasteiger partial charge >= 0.3 is 5.97 Å². The standard InChI is InChI=1S/C12H19NO3S/c1-5-12(3,15-4)11-13-9(8-17-11)7-10(14)16-6-2/h8H,5-7H2,1-4H3. The minimum atomic E-state index is -0.364. The molecule has 0 aliphatic rings. The highest BCUT2D eigenvalue weighted by Crippen LogP contribution is 2.30. The number of esters is 1. The van der Waals surface area contributed by atoms with E-state index in [0.717, 1.165) is 17.1 Å². The Morgan fingerprint density at radius 1 is 1.53 bits per heavy atom. The molecule has 0 saturated heterocycles. The summed E-state index contributed by atoms with van der Waals surface area (Å²) in [4.78, 5) is 15.8. The van der Waals surface area contributed by atoms with Crippen molar-refractivity contribution in [2.75, 3.05) is 13.7 Å². The van der Waals surface area contributed by atoms with Crippen LogP contribution in [0.1, 0.15) is 37.9 Å². The van der Waals surface area contributed by atoms with Crippen molar-refractivity contribution in [1.82, 2.24) is 4.98 Å². The van der Waals surface area contributed by atoms with E-state index in [-0.39, 0.29) is 18.0 Å². The molecule has 4 nitrogen and oxygen atoms in total. The summed E-state index contributed by atoms with van der Waals surface area (Å²) in [6.45, 7) is 6.25. The number of rotatable bonds is 6. The summed E-state index contributed by atoms with van der Waals surface area (Å²) in [6.07, 6.45) is 1.07. The van der Waals surface area contributed by atoms with Gasteiger partial charge in [-0.25, -0.2) is 4.98 Å². The molecule has 1 rings (SSSR count). The normalized spacial score (nSPS) is 14.4. The Morgan fingerprint density at radius 3 is 2.76 bits per heavy atom. The zero-order valence-electron chi connectivity index (χ0n) is 10.8. The van der Waals surface area contributed by atoms with Gasteiger partial charge in [0.2, 0.25) is 0 Å². The second-order valence-corrected chi connectivity index (χ2v) is 4.77. The van der Waals surface area contributed by atoms with E-state index in [1.54, 1.807) is 14.0 Å². The molecule has 0 fully saturated rings. The number of carbonyl (C=O) groups excluding carboxylic acids is 1. The van der Waals surface area contributed by atoms with Crippen molar-refractivity contribution >= 4 is 17.3 Å². The molecule has 0 spiro atoms. The molecule has 1 aromatic heterocycles. The lowest BCUT2D eigenvalue weighted by molar-refractivity contribution is -0.142. The summed E-state index contributed by atoms with van der Waals surface area (Å²) < 4.78 is 10.4. The van der Waals surface area contributed by atoms with Gasteiger partial charge in [-0.1, -0.05) is 6.92 Å². The van der Waals surface area contributed by atoms with Crippen LogP contribution < -0.4 is 0 Å². The molecule has 17 heavy (non-hydrogen) atoms. The monoisotopic (exact) mass is 257 g/mol. The third-order valence-electron chi connectivity index (χ3n) is 2.76. The lowest BCUT2D eigenvalue weighted by Crippen LogP contribution is -2.23. The Balaban J connectivity index is 2.74. The predicted octanol–water partition coefficient (Wildman–Crippen LogP) is 2.52. The van der Waals surface area contributed by atoms with E-state index >= 15 is 0 Å². The third kappa shape index (κ3) is 3.51. The summed E-state index contributed by atoms with van der Waals surface area (Å²) >= 11 is 1.52. The number of carbonyl (C=O) groups is 1. The van der Waals surface area contributed by atoms with Crippen molar-refractivity contribution in [2.45, 2.75) is 39.2 Å². The topological polar surface area (TPSA) is 48.4 Å². The Hall–Kier alpha value is -0.940. The minimum absolute atomic E-state index is 0.230. The smallest absolute Gasteiger partial charge is 0.311 e. The van der Waals surface area contributed by atoms with Crippen LogP contribution in [0.15, 0.2) is 5.38 Å². The molecule has 5 heteroatoms. The summed E-state index contributed by atoms with van der Waals surface area (Å²) in [5.74, 6) is -0.236. The number of hydrogen-bond donors (Lipinski definition) is 0. The number of thiazole rings is 1. The quantitative estimate of drug-likeness (QED) is 0.735. The van der Waals surface area contributed by atoms with Gasteiger partial charge in [-0.05, 0) is 20.3 Å². The van der Waals surface area contributed by atoms with Crippen LogP contribution in [0, 0.1) is 0 Å². The molecule has 0 saturated carbocycles. The molecule has 0 aliphatic heterocycles. The minimum Gasteiger partial charge on any atom is -0.466 e. The van der Waals surface area contributed by atoms with Gasteiger partial charge in [-0.2, -0.15) is 0 Å². The van der Waals surface area contributed by atoms with Crippen LogP contribution >= 0.6 is 11.3 Å². The van der Waals surface area contributed by atoms with Crippen LogP contribution in [-0.2, 0) is 26.3 Å². The van der Waals surface area contributed by atoms with Crippen molar-refractivity contribution < 1.29 is 14.3 Å². The second-order valence-electron chi connectivity index (χ2n) is 3.91. The van der Waals surface area contributed by atoms with Crippen LogP contribution in [0.25, 0.3) is 0 Å². The second kappa shape index (κ2) is 6.12. The Kier molecular flexibility index (Phi) is 5.08. The molecule has 0 radical (unpaired) electrons. The molecule has 0 bridgehead atoms. The maximum atomic E-state index is 11.3. The fraction of sp³-hybridized carbons (Fsp3) is 0.667. The molecule has 1 atom stereocenters. The van der Waals surface area contributed by atoms with E-state index < -0.39 is 0 Å². The summed E-state index contributed by atoms with van der Waals surface area (Å²) in [5, 5.41) is 2.79. The fourth-order valence-electron chi connectivity index (χ4n) is 1.37. The zero-order valence-corrected chi connectivity index (χ0v) is 11.6. The fourth-order valence-corrected chi connectivity index (χ4v) is 2.40. The van der Waals surface area contributed by atoms with E-state index in [9.17, 15) is 4.79 Å². The first-order valence-corrected chi connectivity index (χ1v) is 6.59. The van der Waals surface area contributed by atoms with Crippen molar-refractivity contribution in [3.05, 3.63) is 16.1 Å². The average molecular weight is 257 g/mol. The summed E-state index contributed by atoms with van der Waals surface area (Å²) in [7, 11) is 1.68. The first kappa shape index (κ1) is 14.1. The number of nitrogens with zero attached hydrogens (tertiary/aromatic N) is 1. The summed E-state index contributed by atoms with van der Waals surface area (Å²) in [6, 6.07) is 0. The molecule has 0 amide bonds. The first-order chi connectivity index (χ1) is 8.05. The Morgan fingerprint density at radius 2 is 2.24 bits per heavy atom. The van der Waals surface area contributed by atoms with Gasteiger partial charge in [0.15, 0.2) is 0 Å². The van der Waals surface area contributed by atoms with Crippen molar-refractivity contribution in [1.29, 1.82) is 0 Å². The lowest BCUT2D eigenvalue weighted by atomic mass is 10.1. The molecule has 1 heterocycles. The predicted molar refractivity (Wildman–Crippen MR) is 67.1 cm³/mol. The lowest BCUT2D eigenvalue weighted by Gasteiger charge is -2.23. The molecule has 0 aromatic carbocycles. The molecule has 0 aliphatic carbocycles. The Bertz CT molecular complexity index is 372. The average Bonchev–Trinajstić information content (AvgIpc) is 2.77. The van der Waals surface area contributed by atoms with Crippen LogP contribution in [0.3, 0.4) is 0 Å². The van der Waals surface area contributed by atoms with E-state index in [1.165, 1.54) is 11.3 Å². The van der Waals surface area contributed by atoms with Crippen molar-refractivity contribution in [3.63, 3.8) is 0 Å². The highest BCUT2D eigenvalue weighted by molar-refractivity contribution is 7.09. The van der Waals surface area contributed by atoms with E-state index in [2.05, 4.69) is 11.9 Å². The number of methoxy groups -OCH3 is 1. The Labute approximate surface area is 106 Å². The maximum absolute atomic E-state index is 11.3. The van der Waals surface area contributed by atoms with Gasteiger partial charge in [0, 0.05) is 12.5 Å². The van der Waals surface area contributed by atoms with Crippen LogP contribution in [-0.4, -0.2) is 24.7 Å². The zero-order chi connectivity index (χ0) is 12.9. The van der Waals surface area contributed by atoms with Gasteiger partial charge < -0.3 is 9.47 Å². The van der Waals surface area contributed by atoms with E-state index in [1.807, 2.05) is 12.3 Å². The van der Waals surface area contributed by atoms with Crippen LogP contribution in [0.4, 0.5) is 0 Å². The van der Waals surface area contributed by atoms with Crippen molar-refractivity contribution in [3.8, 4) is 0 Å². The molecule has 1 aromatic rings. The van der Waals surface area contributed by atoms with E-state index in [0.29, 0.717) is 6.61 Å². The van der Waals surface area contributed by atoms with Gasteiger partial charge in [-0.3, -0.25) is 4.79 Å². The van der Waals surface area contributed by atoms with Gasteiger partial charge in [-0.15, -0.1) is 11.3 Å². The molecular weight excluding hydrogens is 238 g/mol. The van der Waals surface area contributed by atoms with Gasteiger partial charge in [0.05, 0.1) is 18.7 Å². The number of ether oxygens (including phenoxy) is 2. The summed E-state index contributed by atoms with van der Waals surface area (Å²) in [5.41, 5.74) is 0.387. The number of aromatic nitrogens is 1. The third-order valence-corrected chi connectivity index (χ3v) is 3.90. The molecule has 1 unspecified atom stereocenters. The number of hydrogen-bond acceptors (Lipinski definition) is 5. The first-order valence-electron chi connectivity index (χ1n) is 5.71. The van der Waals surface area contributed by atoms with Gasteiger partial charge in [0.25, 0.3) is 0 Å². The SMILES string of the molecule is CCOC(=O)Cc1csc(C(C)(CC)OC)n1. The molecular formula is C12H19NO3S. The maximum Gasteiger partial charge on any atom is 0.311 e. The largest absolute Gasteiger partial charge is 0.466 e. The highest BCUT2D eigenvalue weighted by atomic mass is 32.1. The van der Waals surface area contributed by atoms with Crippen molar-refractivity contribution in [2.24, 2.45) is 0 Å². The van der Waals surface area contributed by atoms with Crippen LogP contribution in [0.2, 0.25) is 0 Å².